The van der Waals surface area contributed by atoms with E-state index in [4.69, 9.17) is 4.74 Å². The van der Waals surface area contributed by atoms with Crippen molar-refractivity contribution in [2.45, 2.75) is 44.1 Å². The fraction of sp³-hybridized carbons (Fsp3) is 0.391. The maximum absolute atomic E-state index is 13.9. The molecule has 1 fully saturated rings. The maximum atomic E-state index is 13.9. The number of halogens is 1. The van der Waals surface area contributed by atoms with E-state index in [0.717, 1.165) is 0 Å². The number of nitrogens with one attached hydrogen (secondary N) is 2. The van der Waals surface area contributed by atoms with E-state index >= 15 is 0 Å². The topological polar surface area (TPSA) is 105 Å². The van der Waals surface area contributed by atoms with Crippen LogP contribution in [0, 0.1) is 18.7 Å². The number of fused-ring (bicyclic) bond motifs is 1. The van der Waals surface area contributed by atoms with Crippen LogP contribution in [0.2, 0.25) is 0 Å². The number of aryl methyl sites for hydroxylation is 1. The number of ether oxygens (including phenoxy) is 1. The third kappa shape index (κ3) is 4.58. The molecule has 2 atom stereocenters. The van der Waals surface area contributed by atoms with Crippen LogP contribution in [0.1, 0.15) is 31.7 Å². The van der Waals surface area contributed by atoms with Crippen LogP contribution in [0.25, 0.3) is 0 Å². The molecule has 0 bridgehead atoms. The largest absolute Gasteiger partial charge is 0.478 e. The smallest absolute Gasteiger partial charge is 0.265 e. The third-order valence-electron chi connectivity index (χ3n) is 5.97. The molecule has 0 spiro atoms. The van der Waals surface area contributed by atoms with E-state index in [0.29, 0.717) is 36.3 Å². The molecule has 0 saturated carbocycles. The number of hydrogen-bond donors (Lipinski definition) is 2. The molecular weight excluding hydrogens is 449 g/mol. The molecule has 2 N–H and O–H groups in total. The molecule has 0 unspecified atom stereocenters. The van der Waals surface area contributed by atoms with Crippen LogP contribution in [-0.2, 0) is 19.6 Å². The lowest BCUT2D eigenvalue weighted by atomic mass is 9.98. The second-order valence-electron chi connectivity index (χ2n) is 8.29. The van der Waals surface area contributed by atoms with E-state index in [-0.39, 0.29) is 29.6 Å². The predicted octanol–water partition coefficient (Wildman–Crippen LogP) is 3.28. The van der Waals surface area contributed by atoms with E-state index < -0.39 is 33.8 Å². The van der Waals surface area contributed by atoms with Crippen molar-refractivity contribution in [3.05, 3.63) is 47.8 Å². The summed E-state index contributed by atoms with van der Waals surface area (Å²) in [6.07, 6.45) is 0.773. The average molecular weight is 476 g/mol. The van der Waals surface area contributed by atoms with Crippen LogP contribution in [0.3, 0.4) is 0 Å². The van der Waals surface area contributed by atoms with E-state index in [1.54, 1.807) is 26.0 Å². The molecule has 0 aromatic heterocycles. The van der Waals surface area contributed by atoms with Gasteiger partial charge in [-0.25, -0.2) is 12.8 Å². The molecule has 1 saturated heterocycles. The summed E-state index contributed by atoms with van der Waals surface area (Å²) in [5.74, 6) is -1.53. The summed E-state index contributed by atoms with van der Waals surface area (Å²) >= 11 is 0. The summed E-state index contributed by atoms with van der Waals surface area (Å²) in [6.45, 7) is 3.73. The van der Waals surface area contributed by atoms with E-state index in [9.17, 15) is 22.4 Å². The SMILES string of the molecule is CC[C@@H]1Oc2cc(S(=O)(=O)N3CCC[C@H](C(=O)Nc4ccccc4F)C3)c(C)cc2NC1=O. The number of amides is 2. The molecule has 8 nitrogen and oxygen atoms in total. The first-order valence-corrected chi connectivity index (χ1v) is 12.3. The molecule has 0 radical (unpaired) electrons. The number of para-hydroxylation sites is 1. The maximum Gasteiger partial charge on any atom is 0.265 e. The Morgan fingerprint density at radius 1 is 1.30 bits per heavy atom. The van der Waals surface area contributed by atoms with Crippen LogP contribution >= 0.6 is 0 Å². The van der Waals surface area contributed by atoms with Gasteiger partial charge in [0.25, 0.3) is 5.91 Å². The Balaban J connectivity index is 1.55. The molecule has 0 aliphatic carbocycles. The molecule has 2 amide bonds. The van der Waals surface area contributed by atoms with Gasteiger partial charge in [-0.1, -0.05) is 19.1 Å². The van der Waals surface area contributed by atoms with Gasteiger partial charge in [0, 0.05) is 19.2 Å². The van der Waals surface area contributed by atoms with E-state index in [2.05, 4.69) is 10.6 Å². The van der Waals surface area contributed by atoms with Crippen molar-refractivity contribution in [2.24, 2.45) is 5.92 Å². The van der Waals surface area contributed by atoms with Crippen molar-refractivity contribution in [2.75, 3.05) is 23.7 Å². The third-order valence-corrected chi connectivity index (χ3v) is 7.98. The zero-order valence-electron chi connectivity index (χ0n) is 18.4. The van der Waals surface area contributed by atoms with Crippen molar-refractivity contribution in [1.82, 2.24) is 4.31 Å². The number of benzene rings is 2. The van der Waals surface area contributed by atoms with Crippen molar-refractivity contribution in [3.8, 4) is 5.75 Å². The summed E-state index contributed by atoms with van der Waals surface area (Å²) in [4.78, 5) is 24.9. The number of rotatable bonds is 5. The quantitative estimate of drug-likeness (QED) is 0.691. The summed E-state index contributed by atoms with van der Waals surface area (Å²) in [5, 5.41) is 5.32. The molecule has 2 aliphatic rings. The van der Waals surface area contributed by atoms with E-state index in [1.165, 1.54) is 28.6 Å². The number of anilines is 2. The zero-order chi connectivity index (χ0) is 23.8. The highest BCUT2D eigenvalue weighted by Gasteiger charge is 2.36. The van der Waals surface area contributed by atoms with Crippen molar-refractivity contribution < 1.29 is 27.1 Å². The van der Waals surface area contributed by atoms with Gasteiger partial charge < -0.3 is 15.4 Å². The van der Waals surface area contributed by atoms with Crippen LogP contribution < -0.4 is 15.4 Å². The molecule has 10 heteroatoms. The lowest BCUT2D eigenvalue weighted by Crippen LogP contribution is -2.44. The molecule has 2 heterocycles. The van der Waals surface area contributed by atoms with Gasteiger partial charge in [-0.3, -0.25) is 9.59 Å². The fourth-order valence-corrected chi connectivity index (χ4v) is 5.89. The Hall–Kier alpha value is -2.98. The minimum atomic E-state index is -3.92. The predicted molar refractivity (Wildman–Crippen MR) is 121 cm³/mol. The molecule has 2 aliphatic heterocycles. The summed E-state index contributed by atoms with van der Waals surface area (Å²) in [7, 11) is -3.92. The fourth-order valence-electron chi connectivity index (χ4n) is 4.14. The lowest BCUT2D eigenvalue weighted by molar-refractivity contribution is -0.123. The highest BCUT2D eigenvalue weighted by atomic mass is 32.2. The van der Waals surface area contributed by atoms with Gasteiger partial charge in [0.05, 0.1) is 22.2 Å². The van der Waals surface area contributed by atoms with Crippen molar-refractivity contribution in [1.29, 1.82) is 0 Å². The number of nitrogens with zero attached hydrogens (tertiary/aromatic N) is 1. The first-order chi connectivity index (χ1) is 15.7. The van der Waals surface area contributed by atoms with Gasteiger partial charge in [-0.05, 0) is 49.9 Å². The molecule has 4 rings (SSSR count). The highest BCUT2D eigenvalue weighted by Crippen LogP contribution is 2.36. The van der Waals surface area contributed by atoms with Gasteiger partial charge in [0.2, 0.25) is 15.9 Å². The van der Waals surface area contributed by atoms with Crippen molar-refractivity contribution >= 4 is 33.2 Å². The Bertz CT molecular complexity index is 1200. The number of hydrogen-bond acceptors (Lipinski definition) is 5. The second-order valence-corrected chi connectivity index (χ2v) is 10.2. The van der Waals surface area contributed by atoms with Gasteiger partial charge in [-0.2, -0.15) is 4.31 Å². The summed E-state index contributed by atoms with van der Waals surface area (Å²) in [6, 6.07) is 8.87. The Morgan fingerprint density at radius 2 is 2.06 bits per heavy atom. The van der Waals surface area contributed by atoms with Gasteiger partial charge in [0.15, 0.2) is 6.10 Å². The molecular formula is C23H26FN3O5S. The normalized spacial score (nSPS) is 21.0. The molecule has 176 valence electrons. The number of carbonyl (C=O) groups is 2. The highest BCUT2D eigenvalue weighted by molar-refractivity contribution is 7.89. The van der Waals surface area contributed by atoms with Gasteiger partial charge in [-0.15, -0.1) is 0 Å². The molecule has 2 aromatic rings. The zero-order valence-corrected chi connectivity index (χ0v) is 19.2. The minimum Gasteiger partial charge on any atom is -0.478 e. The first kappa shape index (κ1) is 23.2. The Kier molecular flexibility index (Phi) is 6.40. The van der Waals surface area contributed by atoms with Crippen LogP contribution in [0.4, 0.5) is 15.8 Å². The number of piperidine rings is 1. The summed E-state index contributed by atoms with van der Waals surface area (Å²) < 4.78 is 47.9. The van der Waals surface area contributed by atoms with Crippen LogP contribution in [0.15, 0.2) is 41.3 Å². The Labute approximate surface area is 192 Å². The molecule has 2 aromatic carbocycles. The minimum absolute atomic E-state index is 0.00563. The van der Waals surface area contributed by atoms with Crippen LogP contribution in [0.5, 0.6) is 5.75 Å². The lowest BCUT2D eigenvalue weighted by Gasteiger charge is -2.32. The van der Waals surface area contributed by atoms with Crippen molar-refractivity contribution in [3.63, 3.8) is 0 Å². The summed E-state index contributed by atoms with van der Waals surface area (Å²) in [5.41, 5.74) is 0.963. The monoisotopic (exact) mass is 475 g/mol. The second kappa shape index (κ2) is 9.11. The Morgan fingerprint density at radius 3 is 2.79 bits per heavy atom. The van der Waals surface area contributed by atoms with Gasteiger partial charge in [0.1, 0.15) is 11.6 Å². The standard InChI is InChI=1S/C23H26FN3O5S/c1-3-19-23(29)26-18-11-14(2)21(12-20(18)32-19)33(30,31)27-10-6-7-15(13-27)22(28)25-17-9-5-4-8-16(17)24/h4-5,8-9,11-12,15,19H,3,6-7,10,13H2,1-2H3,(H,25,28)(H,26,29)/t15-,19-/m0/s1. The number of sulfonamides is 1. The van der Waals surface area contributed by atoms with Crippen LogP contribution in [-0.4, -0.2) is 43.7 Å². The van der Waals surface area contributed by atoms with Gasteiger partial charge >= 0.3 is 0 Å². The average Bonchev–Trinajstić information content (AvgIpc) is 2.79. The first-order valence-electron chi connectivity index (χ1n) is 10.9. The molecule has 33 heavy (non-hydrogen) atoms. The number of carbonyl (C=O) groups excluding carboxylic acids is 2. The van der Waals surface area contributed by atoms with E-state index in [1.807, 2.05) is 0 Å².